The van der Waals surface area contributed by atoms with Gasteiger partial charge in [0.1, 0.15) is 5.03 Å². The molecule has 1 atom stereocenters. The molecule has 4 nitrogen and oxygen atoms in total. The van der Waals surface area contributed by atoms with Crippen molar-refractivity contribution in [2.24, 2.45) is 0 Å². The minimum absolute atomic E-state index is 0.00807. The normalized spacial score (nSPS) is 12.3. The zero-order chi connectivity index (χ0) is 14.5. The molecule has 1 heterocycles. The standard InChI is InChI=1S/C15H18N2O2S/c1-11(9-18)17(2)14(19)10-20-15-13-6-4-3-5-12(13)7-8-16-15/h3-8,11,18H,9-10H2,1-2H3. The second kappa shape index (κ2) is 6.72. The molecule has 5 heteroatoms. The van der Waals surface area contributed by atoms with Crippen molar-refractivity contribution in [1.82, 2.24) is 9.88 Å². The van der Waals surface area contributed by atoms with Gasteiger partial charge in [0, 0.05) is 18.6 Å². The predicted octanol–water partition coefficient (Wildman–Crippen LogP) is 2.17. The maximum absolute atomic E-state index is 12.0. The first-order valence-corrected chi connectivity index (χ1v) is 7.45. The largest absolute Gasteiger partial charge is 0.394 e. The van der Waals surface area contributed by atoms with E-state index >= 15 is 0 Å². The molecule has 0 radical (unpaired) electrons. The lowest BCUT2D eigenvalue weighted by molar-refractivity contribution is -0.129. The van der Waals surface area contributed by atoms with Gasteiger partial charge in [0.15, 0.2) is 0 Å². The summed E-state index contributed by atoms with van der Waals surface area (Å²) in [6.07, 6.45) is 1.76. The summed E-state index contributed by atoms with van der Waals surface area (Å²) in [4.78, 5) is 17.9. The first-order chi connectivity index (χ1) is 9.63. The van der Waals surface area contributed by atoms with E-state index in [1.54, 1.807) is 18.1 Å². The Bertz CT molecular complexity index is 598. The lowest BCUT2D eigenvalue weighted by Crippen LogP contribution is -2.38. The molecule has 1 amide bonds. The smallest absolute Gasteiger partial charge is 0.233 e. The van der Waals surface area contributed by atoms with Crippen molar-refractivity contribution in [3.63, 3.8) is 0 Å². The lowest BCUT2D eigenvalue weighted by atomic mass is 10.2. The van der Waals surface area contributed by atoms with E-state index in [1.807, 2.05) is 37.3 Å². The third-order valence-electron chi connectivity index (χ3n) is 3.29. The van der Waals surface area contributed by atoms with E-state index in [0.29, 0.717) is 5.75 Å². The van der Waals surface area contributed by atoms with Crippen molar-refractivity contribution >= 4 is 28.4 Å². The molecule has 1 aromatic heterocycles. The lowest BCUT2D eigenvalue weighted by Gasteiger charge is -2.22. The molecule has 0 fully saturated rings. The number of fused-ring (bicyclic) bond motifs is 1. The van der Waals surface area contributed by atoms with Crippen LogP contribution in [0.25, 0.3) is 10.8 Å². The van der Waals surface area contributed by atoms with Gasteiger partial charge in [0.25, 0.3) is 0 Å². The number of hydrogen-bond donors (Lipinski definition) is 1. The van der Waals surface area contributed by atoms with Crippen LogP contribution in [0.3, 0.4) is 0 Å². The van der Waals surface area contributed by atoms with E-state index in [4.69, 9.17) is 5.11 Å². The number of benzene rings is 1. The zero-order valence-electron chi connectivity index (χ0n) is 11.6. The van der Waals surface area contributed by atoms with Crippen molar-refractivity contribution in [1.29, 1.82) is 0 Å². The highest BCUT2D eigenvalue weighted by atomic mass is 32.2. The summed E-state index contributed by atoms with van der Waals surface area (Å²) in [7, 11) is 1.71. The highest BCUT2D eigenvalue weighted by molar-refractivity contribution is 8.00. The fraction of sp³-hybridized carbons (Fsp3) is 0.333. The van der Waals surface area contributed by atoms with E-state index < -0.39 is 0 Å². The maximum Gasteiger partial charge on any atom is 0.233 e. The molecule has 0 spiro atoms. The minimum atomic E-state index is -0.163. The first-order valence-electron chi connectivity index (χ1n) is 6.46. The summed E-state index contributed by atoms with van der Waals surface area (Å²) < 4.78 is 0. The molecule has 0 aliphatic carbocycles. The van der Waals surface area contributed by atoms with E-state index in [1.165, 1.54) is 11.8 Å². The van der Waals surface area contributed by atoms with Crippen LogP contribution in [0.1, 0.15) is 6.92 Å². The fourth-order valence-electron chi connectivity index (χ4n) is 1.81. The molecular formula is C15H18N2O2S. The molecule has 1 aromatic carbocycles. The molecule has 1 N–H and O–H groups in total. The Morgan fingerprint density at radius 3 is 2.90 bits per heavy atom. The molecular weight excluding hydrogens is 272 g/mol. The SMILES string of the molecule is CC(CO)N(C)C(=O)CSc1nccc2ccccc12. The van der Waals surface area contributed by atoms with Crippen LogP contribution in [0.4, 0.5) is 0 Å². The molecule has 106 valence electrons. The quantitative estimate of drug-likeness (QED) is 0.858. The average Bonchev–Trinajstić information content (AvgIpc) is 2.50. The molecule has 0 bridgehead atoms. The van der Waals surface area contributed by atoms with Crippen LogP contribution in [0, 0.1) is 0 Å². The number of carbonyl (C=O) groups is 1. The zero-order valence-corrected chi connectivity index (χ0v) is 12.4. The number of amides is 1. The van der Waals surface area contributed by atoms with Gasteiger partial charge in [0.2, 0.25) is 5.91 Å². The van der Waals surface area contributed by atoms with Crippen LogP contribution in [0.5, 0.6) is 0 Å². The van der Waals surface area contributed by atoms with Crippen molar-refractivity contribution < 1.29 is 9.90 Å². The average molecular weight is 290 g/mol. The number of aliphatic hydroxyl groups excluding tert-OH is 1. The third kappa shape index (κ3) is 3.29. The Morgan fingerprint density at radius 2 is 2.15 bits per heavy atom. The van der Waals surface area contributed by atoms with Crippen LogP contribution < -0.4 is 0 Å². The van der Waals surface area contributed by atoms with E-state index in [0.717, 1.165) is 15.8 Å². The number of aromatic nitrogens is 1. The summed E-state index contributed by atoms with van der Waals surface area (Å²) in [5.41, 5.74) is 0. The van der Waals surface area contributed by atoms with Crippen molar-refractivity contribution in [3.8, 4) is 0 Å². The van der Waals surface area contributed by atoms with Crippen LogP contribution in [-0.4, -0.2) is 46.3 Å². The molecule has 20 heavy (non-hydrogen) atoms. The van der Waals surface area contributed by atoms with Crippen molar-refractivity contribution in [2.75, 3.05) is 19.4 Å². The van der Waals surface area contributed by atoms with E-state index in [-0.39, 0.29) is 18.6 Å². The predicted molar refractivity (Wildman–Crippen MR) is 81.8 cm³/mol. The number of pyridine rings is 1. The molecule has 0 saturated heterocycles. The molecule has 2 rings (SSSR count). The van der Waals surface area contributed by atoms with E-state index in [9.17, 15) is 4.79 Å². The number of likely N-dealkylation sites (N-methyl/N-ethyl adjacent to an activating group) is 1. The molecule has 2 aromatic rings. The monoisotopic (exact) mass is 290 g/mol. The number of hydrogen-bond acceptors (Lipinski definition) is 4. The summed E-state index contributed by atoms with van der Waals surface area (Å²) >= 11 is 1.43. The van der Waals surface area contributed by atoms with Crippen LogP contribution >= 0.6 is 11.8 Å². The van der Waals surface area contributed by atoms with Crippen LogP contribution in [-0.2, 0) is 4.79 Å². The van der Waals surface area contributed by atoms with Gasteiger partial charge in [0.05, 0.1) is 18.4 Å². The Labute approximate surface area is 122 Å². The van der Waals surface area contributed by atoms with Gasteiger partial charge in [-0.1, -0.05) is 36.0 Å². The number of nitrogens with zero attached hydrogens (tertiary/aromatic N) is 2. The molecule has 0 aliphatic rings. The number of carbonyl (C=O) groups excluding carboxylic acids is 1. The number of thioether (sulfide) groups is 1. The summed E-state index contributed by atoms with van der Waals surface area (Å²) in [6, 6.07) is 9.79. The summed E-state index contributed by atoms with van der Waals surface area (Å²) in [5, 5.41) is 12.1. The van der Waals surface area contributed by atoms with Gasteiger partial charge in [-0.3, -0.25) is 4.79 Å². The van der Waals surface area contributed by atoms with Gasteiger partial charge in [-0.15, -0.1) is 0 Å². The highest BCUT2D eigenvalue weighted by Crippen LogP contribution is 2.25. The van der Waals surface area contributed by atoms with Crippen molar-refractivity contribution in [2.45, 2.75) is 18.0 Å². The topological polar surface area (TPSA) is 53.4 Å². The van der Waals surface area contributed by atoms with Crippen molar-refractivity contribution in [3.05, 3.63) is 36.5 Å². The van der Waals surface area contributed by atoms with Gasteiger partial charge >= 0.3 is 0 Å². The second-order valence-corrected chi connectivity index (χ2v) is 5.63. The molecule has 1 unspecified atom stereocenters. The Morgan fingerprint density at radius 1 is 1.40 bits per heavy atom. The minimum Gasteiger partial charge on any atom is -0.394 e. The summed E-state index contributed by atoms with van der Waals surface area (Å²) in [6.45, 7) is 1.79. The molecule has 0 saturated carbocycles. The summed E-state index contributed by atoms with van der Waals surface area (Å²) in [5.74, 6) is 0.313. The third-order valence-corrected chi connectivity index (χ3v) is 4.28. The number of rotatable bonds is 5. The van der Waals surface area contributed by atoms with Crippen LogP contribution in [0.15, 0.2) is 41.6 Å². The Balaban J connectivity index is 2.08. The van der Waals surface area contributed by atoms with Gasteiger partial charge in [-0.2, -0.15) is 0 Å². The Kier molecular flexibility index (Phi) is 4.98. The fourth-order valence-corrected chi connectivity index (χ4v) is 2.75. The van der Waals surface area contributed by atoms with Gasteiger partial charge in [-0.25, -0.2) is 4.98 Å². The number of aliphatic hydroxyl groups is 1. The van der Waals surface area contributed by atoms with Crippen LogP contribution in [0.2, 0.25) is 0 Å². The molecule has 0 aliphatic heterocycles. The van der Waals surface area contributed by atoms with Gasteiger partial charge in [-0.05, 0) is 18.4 Å². The second-order valence-electron chi connectivity index (χ2n) is 4.66. The highest BCUT2D eigenvalue weighted by Gasteiger charge is 2.15. The maximum atomic E-state index is 12.0. The van der Waals surface area contributed by atoms with Gasteiger partial charge < -0.3 is 10.0 Å². The first kappa shape index (κ1) is 14.8. The Hall–Kier alpha value is -1.59. The van der Waals surface area contributed by atoms with E-state index in [2.05, 4.69) is 4.98 Å².